The molecule has 0 radical (unpaired) electrons. The first-order valence-electron chi connectivity index (χ1n) is 6.76. The van der Waals surface area contributed by atoms with E-state index in [2.05, 4.69) is 51.0 Å². The van der Waals surface area contributed by atoms with Gasteiger partial charge in [-0.1, -0.05) is 33.3 Å². The van der Waals surface area contributed by atoms with Crippen LogP contribution in [0.1, 0.15) is 56.5 Å². The Morgan fingerprint density at radius 2 is 2.00 bits per heavy atom. The van der Waals surface area contributed by atoms with Crippen LogP contribution in [0.2, 0.25) is 0 Å². The first-order valence-corrected chi connectivity index (χ1v) is 6.76. The highest BCUT2D eigenvalue weighted by Gasteiger charge is 2.20. The molecule has 2 atom stereocenters. The minimum Gasteiger partial charge on any atom is -0.308 e. The molecule has 1 aromatic heterocycles. The van der Waals surface area contributed by atoms with Crippen molar-refractivity contribution >= 4 is 0 Å². The van der Waals surface area contributed by atoms with Gasteiger partial charge in [0.25, 0.3) is 0 Å². The first kappa shape index (κ1) is 14.2. The van der Waals surface area contributed by atoms with Crippen molar-refractivity contribution in [3.63, 3.8) is 0 Å². The molecule has 1 N–H and O–H groups in total. The molecule has 0 spiro atoms. The van der Waals surface area contributed by atoms with Crippen LogP contribution < -0.4 is 5.32 Å². The van der Waals surface area contributed by atoms with Crippen LogP contribution in [0.5, 0.6) is 0 Å². The maximum absolute atomic E-state index is 4.64. The molecule has 2 heteroatoms. The second kappa shape index (κ2) is 6.75. The molecule has 1 heterocycles. The lowest BCUT2D eigenvalue weighted by Gasteiger charge is -2.25. The van der Waals surface area contributed by atoms with Gasteiger partial charge in [0, 0.05) is 6.20 Å². The van der Waals surface area contributed by atoms with E-state index in [1.54, 1.807) is 0 Å². The predicted molar refractivity (Wildman–Crippen MR) is 74.2 cm³/mol. The van der Waals surface area contributed by atoms with E-state index in [4.69, 9.17) is 0 Å². The Morgan fingerprint density at radius 1 is 1.29 bits per heavy atom. The largest absolute Gasteiger partial charge is 0.308 e. The summed E-state index contributed by atoms with van der Waals surface area (Å²) < 4.78 is 0. The normalized spacial score (nSPS) is 14.6. The minimum absolute atomic E-state index is 0.389. The highest BCUT2D eigenvalue weighted by Crippen LogP contribution is 2.25. The van der Waals surface area contributed by atoms with Crippen LogP contribution in [0, 0.1) is 19.8 Å². The summed E-state index contributed by atoms with van der Waals surface area (Å²) >= 11 is 0. The lowest BCUT2D eigenvalue weighted by atomic mass is 9.93. The van der Waals surface area contributed by atoms with E-state index >= 15 is 0 Å². The quantitative estimate of drug-likeness (QED) is 0.810. The van der Waals surface area contributed by atoms with Crippen LogP contribution in [0.4, 0.5) is 0 Å². The highest BCUT2D eigenvalue weighted by atomic mass is 14.9. The van der Waals surface area contributed by atoms with Gasteiger partial charge in [0.1, 0.15) is 0 Å². The maximum atomic E-state index is 4.64. The van der Waals surface area contributed by atoms with Gasteiger partial charge in [-0.2, -0.15) is 0 Å². The molecule has 2 unspecified atom stereocenters. The van der Waals surface area contributed by atoms with Crippen molar-refractivity contribution in [1.29, 1.82) is 0 Å². The second-order valence-electron chi connectivity index (χ2n) is 5.03. The van der Waals surface area contributed by atoms with E-state index in [0.29, 0.717) is 12.0 Å². The van der Waals surface area contributed by atoms with Gasteiger partial charge in [-0.25, -0.2) is 0 Å². The number of aryl methyl sites for hydroxylation is 2. The number of nitrogens with one attached hydrogen (secondary N) is 1. The third kappa shape index (κ3) is 3.81. The smallest absolute Gasteiger partial charge is 0.0605 e. The van der Waals surface area contributed by atoms with Crippen molar-refractivity contribution in [2.75, 3.05) is 6.54 Å². The maximum Gasteiger partial charge on any atom is 0.0605 e. The molecule has 0 aliphatic carbocycles. The number of hydrogen-bond donors (Lipinski definition) is 1. The predicted octanol–water partition coefficient (Wildman–Crippen LogP) is 3.79. The Morgan fingerprint density at radius 3 is 2.53 bits per heavy atom. The fourth-order valence-corrected chi connectivity index (χ4v) is 2.15. The monoisotopic (exact) mass is 234 g/mol. The topological polar surface area (TPSA) is 24.9 Å². The number of pyridine rings is 1. The van der Waals surface area contributed by atoms with Crippen molar-refractivity contribution in [3.8, 4) is 0 Å². The summed E-state index contributed by atoms with van der Waals surface area (Å²) in [5.74, 6) is 0.621. The summed E-state index contributed by atoms with van der Waals surface area (Å²) in [7, 11) is 0. The van der Waals surface area contributed by atoms with Crippen molar-refractivity contribution in [2.24, 2.45) is 5.92 Å². The van der Waals surface area contributed by atoms with Crippen LogP contribution in [0.25, 0.3) is 0 Å². The first-order chi connectivity index (χ1) is 8.10. The Balaban J connectivity index is 2.95. The van der Waals surface area contributed by atoms with Crippen LogP contribution in [-0.2, 0) is 0 Å². The second-order valence-corrected chi connectivity index (χ2v) is 5.03. The lowest BCUT2D eigenvalue weighted by molar-refractivity contribution is 0.368. The van der Waals surface area contributed by atoms with E-state index < -0.39 is 0 Å². The molecule has 0 bridgehead atoms. The third-order valence-corrected chi connectivity index (χ3v) is 3.38. The lowest BCUT2D eigenvalue weighted by Crippen LogP contribution is -2.29. The molecule has 2 nitrogen and oxygen atoms in total. The number of hydrogen-bond acceptors (Lipinski definition) is 2. The molecule has 0 saturated heterocycles. The van der Waals surface area contributed by atoms with E-state index in [9.17, 15) is 0 Å². The summed E-state index contributed by atoms with van der Waals surface area (Å²) in [4.78, 5) is 4.64. The van der Waals surface area contributed by atoms with Crippen LogP contribution in [0.3, 0.4) is 0 Å². The molecule has 0 aliphatic heterocycles. The van der Waals surface area contributed by atoms with E-state index in [0.717, 1.165) is 13.0 Å². The van der Waals surface area contributed by atoms with Crippen LogP contribution in [-0.4, -0.2) is 11.5 Å². The molecule has 0 amide bonds. The van der Waals surface area contributed by atoms with Gasteiger partial charge in [-0.15, -0.1) is 0 Å². The molecule has 0 fully saturated rings. The molecular weight excluding hydrogens is 208 g/mol. The van der Waals surface area contributed by atoms with E-state index in [-0.39, 0.29) is 0 Å². The van der Waals surface area contributed by atoms with Crippen molar-refractivity contribution in [3.05, 3.63) is 29.1 Å². The van der Waals surface area contributed by atoms with Gasteiger partial charge in [0.2, 0.25) is 0 Å². The summed E-state index contributed by atoms with van der Waals surface area (Å²) in [6, 6.07) is 2.62. The molecule has 1 aromatic rings. The number of nitrogens with zero attached hydrogens (tertiary/aromatic N) is 1. The summed E-state index contributed by atoms with van der Waals surface area (Å²) in [5, 5.41) is 3.63. The Hall–Kier alpha value is -0.890. The fourth-order valence-electron chi connectivity index (χ4n) is 2.15. The zero-order chi connectivity index (χ0) is 12.8. The van der Waals surface area contributed by atoms with Crippen molar-refractivity contribution < 1.29 is 0 Å². The summed E-state index contributed by atoms with van der Waals surface area (Å²) in [6.45, 7) is 12.1. The molecule has 96 valence electrons. The zero-order valence-corrected chi connectivity index (χ0v) is 11.9. The summed E-state index contributed by atoms with van der Waals surface area (Å²) in [5.41, 5.74) is 3.77. The highest BCUT2D eigenvalue weighted by molar-refractivity contribution is 5.26. The van der Waals surface area contributed by atoms with Gasteiger partial charge < -0.3 is 5.32 Å². The fraction of sp³-hybridized carbons (Fsp3) is 0.667. The third-order valence-electron chi connectivity index (χ3n) is 3.38. The molecule has 17 heavy (non-hydrogen) atoms. The van der Waals surface area contributed by atoms with E-state index in [1.165, 1.54) is 23.2 Å². The zero-order valence-electron chi connectivity index (χ0n) is 11.9. The molecular formula is C15H26N2. The Labute approximate surface area is 106 Å². The summed E-state index contributed by atoms with van der Waals surface area (Å²) in [6.07, 6.45) is 4.32. The standard InChI is InChI=1S/C15H26N2/c1-6-8-16-14(12(4)7-2)15-13(5)9-11(3)10-17-15/h9-10,12,14,16H,6-8H2,1-5H3. The molecule has 0 saturated carbocycles. The average molecular weight is 234 g/mol. The molecule has 1 rings (SSSR count). The number of rotatable bonds is 6. The minimum atomic E-state index is 0.389. The SMILES string of the molecule is CCCNC(c1ncc(C)cc1C)C(C)CC. The number of aromatic nitrogens is 1. The van der Waals surface area contributed by atoms with Crippen LogP contribution >= 0.6 is 0 Å². The van der Waals surface area contributed by atoms with E-state index in [1.807, 2.05) is 6.20 Å². The Bertz CT molecular complexity index is 347. The van der Waals surface area contributed by atoms with Gasteiger partial charge in [0.15, 0.2) is 0 Å². The van der Waals surface area contributed by atoms with Gasteiger partial charge >= 0.3 is 0 Å². The van der Waals surface area contributed by atoms with Crippen molar-refractivity contribution in [1.82, 2.24) is 10.3 Å². The molecule has 0 aliphatic rings. The Kier molecular flexibility index (Phi) is 5.63. The van der Waals surface area contributed by atoms with Gasteiger partial charge in [-0.05, 0) is 43.9 Å². The average Bonchev–Trinajstić information content (AvgIpc) is 2.31. The van der Waals surface area contributed by atoms with Crippen molar-refractivity contribution in [2.45, 2.75) is 53.5 Å². The van der Waals surface area contributed by atoms with Gasteiger partial charge in [-0.3, -0.25) is 4.98 Å². The van der Waals surface area contributed by atoms with Gasteiger partial charge in [0.05, 0.1) is 11.7 Å². The van der Waals surface area contributed by atoms with Crippen LogP contribution in [0.15, 0.2) is 12.3 Å². The molecule has 0 aromatic carbocycles.